The monoisotopic (exact) mass is 264 g/mol. The second-order valence-corrected chi connectivity index (χ2v) is 5.35. The lowest BCUT2D eigenvalue weighted by Gasteiger charge is -1.98. The summed E-state index contributed by atoms with van der Waals surface area (Å²) >= 11 is 11.6. The Balaban J connectivity index is 2.87. The summed E-state index contributed by atoms with van der Waals surface area (Å²) in [6.07, 6.45) is 1.31. The third-order valence-corrected chi connectivity index (χ3v) is 3.66. The Morgan fingerprint density at radius 1 is 1.20 bits per heavy atom. The number of H-pyrrole nitrogens is 1. The molecule has 0 unspecified atom stereocenters. The summed E-state index contributed by atoms with van der Waals surface area (Å²) < 4.78 is 22.4. The van der Waals surface area contributed by atoms with Gasteiger partial charge in [-0.25, -0.2) is 13.6 Å². The molecular formula is C8H6Cl2N2O2S. The number of hydrogen-bond donors (Lipinski definition) is 2. The summed E-state index contributed by atoms with van der Waals surface area (Å²) in [6, 6.07) is 3.02. The zero-order valence-electron chi connectivity index (χ0n) is 7.29. The molecule has 0 spiro atoms. The van der Waals surface area contributed by atoms with Crippen molar-refractivity contribution in [2.45, 2.75) is 4.90 Å². The van der Waals surface area contributed by atoms with Crippen molar-refractivity contribution in [3.05, 3.63) is 28.4 Å². The number of nitrogens with two attached hydrogens (primary N) is 1. The van der Waals surface area contributed by atoms with E-state index in [-0.39, 0.29) is 9.92 Å². The van der Waals surface area contributed by atoms with Crippen LogP contribution in [0.3, 0.4) is 0 Å². The van der Waals surface area contributed by atoms with Crippen molar-refractivity contribution in [3.63, 3.8) is 0 Å². The molecule has 1 heterocycles. The van der Waals surface area contributed by atoms with Gasteiger partial charge < -0.3 is 4.98 Å². The fourth-order valence-electron chi connectivity index (χ4n) is 1.33. The molecule has 4 nitrogen and oxygen atoms in total. The van der Waals surface area contributed by atoms with Crippen LogP contribution in [0.15, 0.2) is 23.2 Å². The van der Waals surface area contributed by atoms with E-state index in [1.165, 1.54) is 12.3 Å². The number of benzene rings is 1. The molecule has 2 aromatic rings. The van der Waals surface area contributed by atoms with Gasteiger partial charge in [0.05, 0.1) is 10.0 Å². The number of rotatable bonds is 1. The molecule has 15 heavy (non-hydrogen) atoms. The molecule has 0 fully saturated rings. The van der Waals surface area contributed by atoms with Crippen LogP contribution in [0.25, 0.3) is 10.9 Å². The fourth-order valence-corrected chi connectivity index (χ4v) is 2.35. The second kappa shape index (κ2) is 3.38. The largest absolute Gasteiger partial charge is 0.360 e. The van der Waals surface area contributed by atoms with Crippen LogP contribution in [-0.2, 0) is 10.0 Å². The van der Waals surface area contributed by atoms with Gasteiger partial charge in [-0.3, -0.25) is 0 Å². The van der Waals surface area contributed by atoms with Crippen molar-refractivity contribution in [3.8, 4) is 0 Å². The zero-order valence-corrected chi connectivity index (χ0v) is 9.62. The average molecular weight is 265 g/mol. The number of nitrogens with one attached hydrogen (secondary N) is 1. The molecule has 0 saturated heterocycles. The fraction of sp³-hybridized carbons (Fsp3) is 0. The Kier molecular flexibility index (Phi) is 2.42. The SMILES string of the molecule is NS(=O)(=O)c1c[nH]c2cc(Cl)c(Cl)cc12. The Bertz CT molecular complexity index is 633. The van der Waals surface area contributed by atoms with Gasteiger partial charge in [0, 0.05) is 17.1 Å². The number of hydrogen-bond acceptors (Lipinski definition) is 2. The summed E-state index contributed by atoms with van der Waals surface area (Å²) in [5, 5.41) is 6.11. The van der Waals surface area contributed by atoms with Crippen molar-refractivity contribution in [2.24, 2.45) is 5.14 Å². The molecule has 80 valence electrons. The van der Waals surface area contributed by atoms with Gasteiger partial charge in [-0.15, -0.1) is 0 Å². The molecule has 3 N–H and O–H groups in total. The van der Waals surface area contributed by atoms with Crippen molar-refractivity contribution in [1.29, 1.82) is 0 Å². The van der Waals surface area contributed by atoms with Gasteiger partial charge >= 0.3 is 0 Å². The summed E-state index contributed by atoms with van der Waals surface area (Å²) in [7, 11) is -3.75. The number of sulfonamides is 1. The van der Waals surface area contributed by atoms with Crippen LogP contribution >= 0.6 is 23.2 Å². The molecule has 0 atom stereocenters. The number of fused-ring (bicyclic) bond motifs is 1. The first kappa shape index (κ1) is 10.8. The second-order valence-electron chi connectivity index (χ2n) is 3.01. The van der Waals surface area contributed by atoms with Crippen LogP contribution in [0.2, 0.25) is 10.0 Å². The lowest BCUT2D eigenvalue weighted by atomic mass is 10.2. The Labute approximate surface area is 96.0 Å². The molecule has 0 amide bonds. The topological polar surface area (TPSA) is 76.0 Å². The highest BCUT2D eigenvalue weighted by Crippen LogP contribution is 2.30. The maximum atomic E-state index is 11.2. The molecular weight excluding hydrogens is 259 g/mol. The van der Waals surface area contributed by atoms with Gasteiger partial charge in [0.15, 0.2) is 0 Å². The molecule has 0 aliphatic heterocycles. The van der Waals surface area contributed by atoms with Gasteiger partial charge in [0.2, 0.25) is 10.0 Å². The molecule has 0 saturated carbocycles. The molecule has 1 aromatic heterocycles. The molecule has 7 heteroatoms. The number of aromatic nitrogens is 1. The number of halogens is 2. The van der Waals surface area contributed by atoms with Crippen molar-refractivity contribution in [1.82, 2.24) is 4.98 Å². The Hall–Kier alpha value is -0.750. The highest BCUT2D eigenvalue weighted by Gasteiger charge is 2.15. The van der Waals surface area contributed by atoms with E-state index in [4.69, 9.17) is 28.3 Å². The maximum Gasteiger partial charge on any atom is 0.240 e. The van der Waals surface area contributed by atoms with Gasteiger partial charge in [-0.05, 0) is 12.1 Å². The van der Waals surface area contributed by atoms with E-state index < -0.39 is 10.0 Å². The van der Waals surface area contributed by atoms with E-state index in [9.17, 15) is 8.42 Å². The van der Waals surface area contributed by atoms with Gasteiger partial charge in [-0.2, -0.15) is 0 Å². The third kappa shape index (κ3) is 1.83. The third-order valence-electron chi connectivity index (χ3n) is 1.99. The van der Waals surface area contributed by atoms with Crippen LogP contribution in [0, 0.1) is 0 Å². The van der Waals surface area contributed by atoms with E-state index >= 15 is 0 Å². The van der Waals surface area contributed by atoms with Crippen molar-refractivity contribution < 1.29 is 8.42 Å². The van der Waals surface area contributed by atoms with Crippen LogP contribution in [0.1, 0.15) is 0 Å². The molecule has 1 aromatic carbocycles. The summed E-state index contributed by atoms with van der Waals surface area (Å²) in [5.41, 5.74) is 0.577. The smallest absolute Gasteiger partial charge is 0.240 e. The van der Waals surface area contributed by atoms with Crippen LogP contribution in [0.5, 0.6) is 0 Å². The van der Waals surface area contributed by atoms with Crippen molar-refractivity contribution >= 4 is 44.1 Å². The molecule has 0 aliphatic carbocycles. The van der Waals surface area contributed by atoms with E-state index in [1.807, 2.05) is 0 Å². The molecule has 0 bridgehead atoms. The van der Waals surface area contributed by atoms with E-state index in [2.05, 4.69) is 4.98 Å². The minimum atomic E-state index is -3.75. The van der Waals surface area contributed by atoms with Crippen molar-refractivity contribution in [2.75, 3.05) is 0 Å². The molecule has 0 radical (unpaired) electrons. The standard InChI is InChI=1S/C8H6Cl2N2O2S/c9-5-1-4-7(2-6(5)10)12-3-8(4)15(11,13)14/h1-3,12H,(H2,11,13,14). The highest BCUT2D eigenvalue weighted by atomic mass is 35.5. The quantitative estimate of drug-likeness (QED) is 0.828. The summed E-state index contributed by atoms with van der Waals surface area (Å²) in [5.74, 6) is 0. The summed E-state index contributed by atoms with van der Waals surface area (Å²) in [4.78, 5) is 2.77. The van der Waals surface area contributed by atoms with Gasteiger partial charge in [-0.1, -0.05) is 23.2 Å². The van der Waals surface area contributed by atoms with Crippen LogP contribution < -0.4 is 5.14 Å². The molecule has 0 aliphatic rings. The lowest BCUT2D eigenvalue weighted by Crippen LogP contribution is -2.11. The first-order chi connectivity index (χ1) is 6.89. The average Bonchev–Trinajstić information content (AvgIpc) is 2.47. The van der Waals surface area contributed by atoms with Crippen LogP contribution in [0.4, 0.5) is 0 Å². The van der Waals surface area contributed by atoms with Gasteiger partial charge in [0.1, 0.15) is 4.90 Å². The number of primary sulfonamides is 1. The lowest BCUT2D eigenvalue weighted by molar-refractivity contribution is 0.598. The van der Waals surface area contributed by atoms with E-state index in [0.717, 1.165) is 0 Å². The van der Waals surface area contributed by atoms with E-state index in [0.29, 0.717) is 15.9 Å². The highest BCUT2D eigenvalue weighted by molar-refractivity contribution is 7.89. The minimum Gasteiger partial charge on any atom is -0.360 e. The molecule has 2 rings (SSSR count). The zero-order chi connectivity index (χ0) is 11.2. The summed E-state index contributed by atoms with van der Waals surface area (Å²) in [6.45, 7) is 0. The maximum absolute atomic E-state index is 11.2. The normalized spacial score (nSPS) is 12.2. The minimum absolute atomic E-state index is 0.0102. The first-order valence-electron chi connectivity index (χ1n) is 3.88. The Morgan fingerprint density at radius 3 is 2.40 bits per heavy atom. The van der Waals surface area contributed by atoms with Gasteiger partial charge in [0.25, 0.3) is 0 Å². The predicted octanol–water partition coefficient (Wildman–Crippen LogP) is 2.12. The number of aromatic amines is 1. The first-order valence-corrected chi connectivity index (χ1v) is 6.19. The van der Waals surface area contributed by atoms with Crippen LogP contribution in [-0.4, -0.2) is 13.4 Å². The Morgan fingerprint density at radius 2 is 1.80 bits per heavy atom. The van der Waals surface area contributed by atoms with E-state index in [1.54, 1.807) is 6.07 Å². The predicted molar refractivity (Wildman–Crippen MR) is 59.7 cm³/mol.